The monoisotopic (exact) mass is 329 g/mol. The van der Waals surface area contributed by atoms with Gasteiger partial charge in [-0.1, -0.05) is 36.2 Å². The van der Waals surface area contributed by atoms with Gasteiger partial charge in [0.25, 0.3) is 0 Å². The largest absolute Gasteiger partial charge is 0.386 e. The molecule has 0 fully saturated rings. The van der Waals surface area contributed by atoms with Crippen LogP contribution in [0.3, 0.4) is 0 Å². The van der Waals surface area contributed by atoms with E-state index >= 15 is 0 Å². The van der Waals surface area contributed by atoms with Gasteiger partial charge >= 0.3 is 0 Å². The topological polar surface area (TPSA) is 53.2 Å². The molecule has 0 aliphatic heterocycles. The number of nitrogens with one attached hydrogen (secondary N) is 3. The van der Waals surface area contributed by atoms with Crippen LogP contribution in [0.15, 0.2) is 42.5 Å². The van der Waals surface area contributed by atoms with Gasteiger partial charge in [-0.3, -0.25) is 0 Å². The molecule has 0 radical (unpaired) electrons. The first-order valence-electron chi connectivity index (χ1n) is 7.60. The average molecular weight is 329 g/mol. The van der Waals surface area contributed by atoms with E-state index in [1.165, 1.54) is 0 Å². The van der Waals surface area contributed by atoms with Gasteiger partial charge in [0.2, 0.25) is 0 Å². The van der Waals surface area contributed by atoms with Gasteiger partial charge < -0.3 is 20.2 Å². The van der Waals surface area contributed by atoms with Crippen LogP contribution in [0.1, 0.15) is 13.3 Å². The summed E-state index contributed by atoms with van der Waals surface area (Å²) in [6.07, 6.45) is 3.43. The fourth-order valence-corrected chi connectivity index (χ4v) is 2.84. The Morgan fingerprint density at radius 3 is 2.70 bits per heavy atom. The summed E-state index contributed by atoms with van der Waals surface area (Å²) >= 11 is 1.57. The highest BCUT2D eigenvalue weighted by Gasteiger charge is 2.12. The first-order chi connectivity index (χ1) is 11.2. The maximum Gasteiger partial charge on any atom is 0.122 e. The predicted octanol–water partition coefficient (Wildman–Crippen LogP) is 4.47. The first kappa shape index (κ1) is 17.2. The highest BCUT2D eigenvalue weighted by atomic mass is 32.2. The van der Waals surface area contributed by atoms with Crippen LogP contribution < -0.4 is 15.4 Å². The van der Waals surface area contributed by atoms with Gasteiger partial charge in [-0.15, -0.1) is 0 Å². The summed E-state index contributed by atoms with van der Waals surface area (Å²) in [7, 11) is 1.90. The van der Waals surface area contributed by atoms with Crippen LogP contribution in [-0.4, -0.2) is 25.6 Å². The second-order valence-electron chi connectivity index (χ2n) is 5.31. The van der Waals surface area contributed by atoms with Crippen molar-refractivity contribution in [3.63, 3.8) is 0 Å². The summed E-state index contributed by atoms with van der Waals surface area (Å²) in [5, 5.41) is 6.68. The Hall–Kier alpha value is -2.14. The van der Waals surface area contributed by atoms with Crippen molar-refractivity contribution >= 4 is 35.3 Å². The number of rotatable bonds is 8. The van der Waals surface area contributed by atoms with E-state index in [4.69, 9.17) is 0 Å². The molecule has 0 saturated carbocycles. The van der Waals surface area contributed by atoms with Gasteiger partial charge in [-0.2, -0.15) is 0 Å². The fourth-order valence-electron chi connectivity index (χ4n) is 2.47. The molecule has 5 heteroatoms. The predicted molar refractivity (Wildman–Crippen MR) is 102 cm³/mol. The van der Waals surface area contributed by atoms with Gasteiger partial charge in [0.15, 0.2) is 0 Å². The average Bonchev–Trinajstić information content (AvgIpc) is 2.56. The van der Waals surface area contributed by atoms with E-state index in [0.29, 0.717) is 6.42 Å². The van der Waals surface area contributed by atoms with Gasteiger partial charge in [-0.25, -0.2) is 0 Å². The Labute approximate surface area is 142 Å². The second kappa shape index (κ2) is 8.48. The van der Waals surface area contributed by atoms with Crippen molar-refractivity contribution in [3.8, 4) is 11.1 Å². The summed E-state index contributed by atoms with van der Waals surface area (Å²) in [6, 6.07) is 14.5. The number of hydrogen-bond acceptors (Lipinski definition) is 5. The number of carbonyl (C=O) groups is 1. The molecule has 2 rings (SSSR count). The molecule has 0 aliphatic rings. The van der Waals surface area contributed by atoms with Crippen molar-refractivity contribution in [2.45, 2.75) is 19.4 Å². The van der Waals surface area contributed by atoms with Crippen molar-refractivity contribution in [1.82, 2.24) is 0 Å². The van der Waals surface area contributed by atoms with Gasteiger partial charge in [-0.05, 0) is 30.7 Å². The molecular weight excluding hydrogens is 306 g/mol. The van der Waals surface area contributed by atoms with Crippen molar-refractivity contribution in [2.24, 2.45) is 0 Å². The zero-order valence-corrected chi connectivity index (χ0v) is 14.5. The maximum atomic E-state index is 10.8. The number of para-hydroxylation sites is 1. The van der Waals surface area contributed by atoms with Crippen LogP contribution in [0, 0.1) is 0 Å². The summed E-state index contributed by atoms with van der Waals surface area (Å²) in [4.78, 5) is 10.8. The first-order valence-corrected chi connectivity index (χ1v) is 8.82. The Morgan fingerprint density at radius 1 is 1.22 bits per heavy atom. The molecule has 0 heterocycles. The third-order valence-corrected chi connectivity index (χ3v) is 4.01. The van der Waals surface area contributed by atoms with Crippen LogP contribution in [0.4, 0.5) is 17.1 Å². The molecule has 3 N–H and O–H groups in total. The molecule has 2 aromatic carbocycles. The molecule has 4 nitrogen and oxygen atoms in total. The number of hydrogen-bond donors (Lipinski definition) is 3. The lowest BCUT2D eigenvalue weighted by atomic mass is 10.0. The molecule has 0 saturated heterocycles. The minimum Gasteiger partial charge on any atom is -0.386 e. The van der Waals surface area contributed by atoms with E-state index in [9.17, 15) is 4.79 Å². The molecule has 0 amide bonds. The lowest BCUT2D eigenvalue weighted by Crippen LogP contribution is -2.17. The van der Waals surface area contributed by atoms with Gasteiger partial charge in [0, 0.05) is 37.0 Å². The molecule has 23 heavy (non-hydrogen) atoms. The Kier molecular flexibility index (Phi) is 6.35. The van der Waals surface area contributed by atoms with E-state index in [0.717, 1.165) is 34.5 Å². The second-order valence-corrected chi connectivity index (χ2v) is 5.93. The number of carbonyl (C=O) groups excluding carboxylic acids is 1. The summed E-state index contributed by atoms with van der Waals surface area (Å²) in [5.74, 6) is 0. The molecule has 0 unspecified atom stereocenters. The number of anilines is 3. The smallest absolute Gasteiger partial charge is 0.122 e. The molecular formula is C18H23N3OS. The van der Waals surface area contributed by atoms with Crippen LogP contribution >= 0.6 is 11.9 Å². The zero-order valence-electron chi connectivity index (χ0n) is 13.7. The van der Waals surface area contributed by atoms with Crippen LogP contribution in [-0.2, 0) is 4.79 Å². The van der Waals surface area contributed by atoms with E-state index in [1.54, 1.807) is 11.9 Å². The third kappa shape index (κ3) is 4.42. The van der Waals surface area contributed by atoms with Gasteiger partial charge in [0.05, 0.1) is 11.4 Å². The zero-order chi connectivity index (χ0) is 16.7. The molecule has 0 aliphatic carbocycles. The Morgan fingerprint density at radius 2 is 2.00 bits per heavy atom. The minimum absolute atomic E-state index is 0.0771. The number of aldehydes is 1. The van der Waals surface area contributed by atoms with Crippen molar-refractivity contribution in [2.75, 3.05) is 28.7 Å². The normalized spacial score (nSPS) is 11.6. The molecule has 2 aromatic rings. The van der Waals surface area contributed by atoms with Crippen LogP contribution in [0.2, 0.25) is 0 Å². The third-order valence-electron chi connectivity index (χ3n) is 3.57. The van der Waals surface area contributed by atoms with Crippen molar-refractivity contribution in [3.05, 3.63) is 42.5 Å². The lowest BCUT2D eigenvalue weighted by molar-refractivity contribution is -0.107. The standard InChI is InChI=1S/C18H23N3OS/c1-13(10-11-22)20-18-16(8-5-9-17(18)19-2)14-6-4-7-15(12-14)21-23-3/h4-9,11-13,19-21H,10H2,1-3H3/t13-/m1/s1. The van der Waals surface area contributed by atoms with E-state index in [-0.39, 0.29) is 6.04 Å². The summed E-state index contributed by atoms with van der Waals surface area (Å²) < 4.78 is 3.26. The Balaban J connectivity index is 2.44. The van der Waals surface area contributed by atoms with Crippen LogP contribution in [0.5, 0.6) is 0 Å². The van der Waals surface area contributed by atoms with E-state index in [1.807, 2.05) is 44.5 Å². The van der Waals surface area contributed by atoms with E-state index in [2.05, 4.69) is 33.6 Å². The molecule has 0 aromatic heterocycles. The molecule has 122 valence electrons. The SMILES string of the molecule is CNc1cccc(-c2cccc(NSC)c2)c1N[C@H](C)CC=O. The van der Waals surface area contributed by atoms with Gasteiger partial charge in [0.1, 0.15) is 6.29 Å². The summed E-state index contributed by atoms with van der Waals surface area (Å²) in [5.41, 5.74) is 5.34. The Bertz CT molecular complexity index is 660. The molecule has 0 bridgehead atoms. The van der Waals surface area contributed by atoms with E-state index < -0.39 is 0 Å². The molecule has 0 spiro atoms. The highest BCUT2D eigenvalue weighted by Crippen LogP contribution is 2.36. The van der Waals surface area contributed by atoms with Crippen LogP contribution in [0.25, 0.3) is 11.1 Å². The maximum absolute atomic E-state index is 10.8. The fraction of sp³-hybridized carbons (Fsp3) is 0.278. The van der Waals surface area contributed by atoms with Crippen molar-refractivity contribution < 1.29 is 4.79 Å². The highest BCUT2D eigenvalue weighted by molar-refractivity contribution is 7.99. The number of benzene rings is 2. The molecule has 1 atom stereocenters. The summed E-state index contributed by atoms with van der Waals surface area (Å²) in [6.45, 7) is 2.01. The quantitative estimate of drug-likeness (QED) is 0.493. The minimum atomic E-state index is 0.0771. The van der Waals surface area contributed by atoms with Crippen molar-refractivity contribution in [1.29, 1.82) is 0 Å². The lowest BCUT2D eigenvalue weighted by Gasteiger charge is -2.20.